The average Bonchev–Trinajstić information content (AvgIpc) is 2.71. The molecule has 0 aromatic carbocycles. The first-order chi connectivity index (χ1) is 7.69. The molecule has 0 saturated heterocycles. The third-order valence-electron chi connectivity index (χ3n) is 2.50. The van der Waals surface area contributed by atoms with E-state index >= 15 is 0 Å². The van der Waals surface area contributed by atoms with Crippen LogP contribution in [0.5, 0.6) is 5.75 Å². The molecule has 1 heterocycles. The highest BCUT2D eigenvalue weighted by molar-refractivity contribution is 7.10. The van der Waals surface area contributed by atoms with Crippen molar-refractivity contribution in [1.82, 2.24) is 5.32 Å². The van der Waals surface area contributed by atoms with Gasteiger partial charge in [-0.2, -0.15) is 0 Å². The molecule has 0 amide bonds. The highest BCUT2D eigenvalue weighted by Gasteiger charge is 2.16. The number of hydrogen-bond donors (Lipinski definition) is 1. The van der Waals surface area contributed by atoms with E-state index in [9.17, 15) is 0 Å². The van der Waals surface area contributed by atoms with E-state index in [1.807, 2.05) is 6.07 Å². The van der Waals surface area contributed by atoms with Gasteiger partial charge in [0.25, 0.3) is 0 Å². The summed E-state index contributed by atoms with van der Waals surface area (Å²) in [6, 6.07) is 2.42. The predicted molar refractivity (Wildman–Crippen MR) is 71.3 cm³/mol. The van der Waals surface area contributed by atoms with E-state index in [1.165, 1.54) is 10.5 Å². The fourth-order valence-corrected chi connectivity index (χ4v) is 2.67. The van der Waals surface area contributed by atoms with Gasteiger partial charge in [-0.3, -0.25) is 0 Å². The topological polar surface area (TPSA) is 21.3 Å². The van der Waals surface area contributed by atoms with Crippen molar-refractivity contribution in [3.8, 4) is 5.75 Å². The maximum atomic E-state index is 5.37. The number of methoxy groups -OCH3 is 1. The van der Waals surface area contributed by atoms with Gasteiger partial charge >= 0.3 is 0 Å². The largest absolute Gasteiger partial charge is 0.496 e. The number of thiophene rings is 1. The molecule has 90 valence electrons. The Bertz CT molecular complexity index is 332. The molecule has 16 heavy (non-hydrogen) atoms. The Labute approximate surface area is 102 Å². The Morgan fingerprint density at radius 2 is 2.38 bits per heavy atom. The second kappa shape index (κ2) is 6.71. The van der Waals surface area contributed by atoms with Crippen molar-refractivity contribution < 1.29 is 4.74 Å². The number of allylic oxidation sites excluding steroid dienone is 1. The van der Waals surface area contributed by atoms with Crippen LogP contribution in [0, 0.1) is 0 Å². The van der Waals surface area contributed by atoms with Crippen molar-refractivity contribution in [3.63, 3.8) is 0 Å². The molecule has 3 heteroatoms. The Morgan fingerprint density at radius 1 is 1.62 bits per heavy atom. The summed E-state index contributed by atoms with van der Waals surface area (Å²) in [5.41, 5.74) is 1.23. The molecule has 0 fully saturated rings. The zero-order valence-electron chi connectivity index (χ0n) is 10.4. The lowest BCUT2D eigenvalue weighted by Crippen LogP contribution is -2.20. The van der Waals surface area contributed by atoms with Crippen molar-refractivity contribution in [2.24, 2.45) is 0 Å². The van der Waals surface area contributed by atoms with Crippen LogP contribution < -0.4 is 10.1 Å². The van der Waals surface area contributed by atoms with E-state index in [-0.39, 0.29) is 0 Å². The molecule has 0 aliphatic carbocycles. The van der Waals surface area contributed by atoms with Crippen molar-refractivity contribution in [1.29, 1.82) is 0 Å². The average molecular weight is 239 g/mol. The zero-order valence-corrected chi connectivity index (χ0v) is 11.2. The number of nitrogens with one attached hydrogen (secondary N) is 1. The molecule has 0 radical (unpaired) electrons. The normalized spacial score (nSPS) is 12.4. The molecule has 1 atom stereocenters. The molecular weight excluding hydrogens is 218 g/mol. The molecule has 0 aliphatic heterocycles. The van der Waals surface area contributed by atoms with Crippen LogP contribution in [0.2, 0.25) is 0 Å². The van der Waals surface area contributed by atoms with Crippen molar-refractivity contribution in [3.05, 3.63) is 28.5 Å². The Hall–Kier alpha value is -0.800. The standard InChI is InChI=1S/C13H21NOS/c1-5-14-11(7-6-10(2)3)13-12(15-4)8-9-16-13/h8-9,11,14H,2,5-7H2,1,3-4H3. The van der Waals surface area contributed by atoms with E-state index in [4.69, 9.17) is 4.74 Å². The van der Waals surface area contributed by atoms with Gasteiger partial charge < -0.3 is 10.1 Å². The van der Waals surface area contributed by atoms with Gasteiger partial charge in [0.1, 0.15) is 5.75 Å². The highest BCUT2D eigenvalue weighted by Crippen LogP contribution is 2.33. The number of hydrogen-bond acceptors (Lipinski definition) is 3. The second-order valence-corrected chi connectivity index (χ2v) is 4.91. The molecule has 1 unspecified atom stereocenters. The maximum Gasteiger partial charge on any atom is 0.134 e. The van der Waals surface area contributed by atoms with Crippen molar-refractivity contribution >= 4 is 11.3 Å². The van der Waals surface area contributed by atoms with Crippen LogP contribution in [-0.2, 0) is 0 Å². The van der Waals surface area contributed by atoms with Gasteiger partial charge in [0.2, 0.25) is 0 Å². The lowest BCUT2D eigenvalue weighted by Gasteiger charge is -2.17. The first-order valence-electron chi connectivity index (χ1n) is 5.68. The molecule has 1 N–H and O–H groups in total. The van der Waals surface area contributed by atoms with Crippen LogP contribution in [0.4, 0.5) is 0 Å². The predicted octanol–water partition coefficient (Wildman–Crippen LogP) is 3.76. The van der Waals surface area contributed by atoms with E-state index in [2.05, 4.69) is 31.1 Å². The molecule has 2 nitrogen and oxygen atoms in total. The lowest BCUT2D eigenvalue weighted by atomic mass is 10.1. The minimum Gasteiger partial charge on any atom is -0.496 e. The highest BCUT2D eigenvalue weighted by atomic mass is 32.1. The summed E-state index contributed by atoms with van der Waals surface area (Å²) in [5, 5.41) is 5.59. The Morgan fingerprint density at radius 3 is 2.94 bits per heavy atom. The molecule has 0 bridgehead atoms. The van der Waals surface area contributed by atoms with Crippen molar-refractivity contribution in [2.75, 3.05) is 13.7 Å². The molecule has 0 saturated carbocycles. The molecule has 0 aliphatic rings. The van der Waals surface area contributed by atoms with E-state index in [0.717, 1.165) is 25.1 Å². The minimum atomic E-state index is 0.386. The smallest absolute Gasteiger partial charge is 0.134 e. The van der Waals surface area contributed by atoms with Crippen molar-refractivity contribution in [2.45, 2.75) is 32.7 Å². The summed E-state index contributed by atoms with van der Waals surface area (Å²) >= 11 is 1.76. The number of rotatable bonds is 7. The van der Waals surface area contributed by atoms with Crippen LogP contribution in [-0.4, -0.2) is 13.7 Å². The maximum absolute atomic E-state index is 5.37. The van der Waals surface area contributed by atoms with Gasteiger partial charge in [-0.15, -0.1) is 17.9 Å². The van der Waals surface area contributed by atoms with E-state index in [1.54, 1.807) is 18.4 Å². The van der Waals surface area contributed by atoms with Gasteiger partial charge in [-0.25, -0.2) is 0 Å². The lowest BCUT2D eigenvalue weighted by molar-refractivity contribution is 0.400. The third kappa shape index (κ3) is 3.65. The molecular formula is C13H21NOS. The molecule has 1 aromatic heterocycles. The van der Waals surface area contributed by atoms with Crippen LogP contribution in [0.1, 0.15) is 37.6 Å². The molecule has 0 spiro atoms. The minimum absolute atomic E-state index is 0.386. The second-order valence-electron chi connectivity index (χ2n) is 3.96. The van der Waals surface area contributed by atoms with Crippen LogP contribution in [0.3, 0.4) is 0 Å². The van der Waals surface area contributed by atoms with Gasteiger partial charge in [-0.1, -0.05) is 12.5 Å². The first kappa shape index (κ1) is 13.3. The van der Waals surface area contributed by atoms with E-state index < -0.39 is 0 Å². The van der Waals surface area contributed by atoms with Gasteiger partial charge in [-0.05, 0) is 37.8 Å². The quantitative estimate of drug-likeness (QED) is 0.731. The fourth-order valence-electron chi connectivity index (χ4n) is 1.69. The van der Waals surface area contributed by atoms with Gasteiger partial charge in [0.05, 0.1) is 12.0 Å². The van der Waals surface area contributed by atoms with Crippen LogP contribution >= 0.6 is 11.3 Å². The summed E-state index contributed by atoms with van der Waals surface area (Å²) in [6.07, 6.45) is 2.14. The van der Waals surface area contributed by atoms with Crippen LogP contribution in [0.15, 0.2) is 23.6 Å². The van der Waals surface area contributed by atoms with E-state index in [0.29, 0.717) is 6.04 Å². The SMILES string of the molecule is C=C(C)CCC(NCC)c1sccc1OC. The Kier molecular flexibility index (Phi) is 5.56. The summed E-state index contributed by atoms with van der Waals surface area (Å²) in [4.78, 5) is 1.30. The third-order valence-corrected chi connectivity index (χ3v) is 3.52. The fraction of sp³-hybridized carbons (Fsp3) is 0.538. The summed E-state index contributed by atoms with van der Waals surface area (Å²) in [5.74, 6) is 0.998. The first-order valence-corrected chi connectivity index (χ1v) is 6.56. The monoisotopic (exact) mass is 239 g/mol. The number of ether oxygens (including phenoxy) is 1. The summed E-state index contributed by atoms with van der Waals surface area (Å²) < 4.78 is 5.37. The summed E-state index contributed by atoms with van der Waals surface area (Å²) in [6.45, 7) is 9.14. The summed E-state index contributed by atoms with van der Waals surface area (Å²) in [7, 11) is 1.73. The zero-order chi connectivity index (χ0) is 12.0. The molecule has 1 rings (SSSR count). The van der Waals surface area contributed by atoms with Gasteiger partial charge in [0, 0.05) is 6.04 Å². The Balaban J connectivity index is 2.72. The van der Waals surface area contributed by atoms with Gasteiger partial charge in [0.15, 0.2) is 0 Å². The molecule has 1 aromatic rings. The van der Waals surface area contributed by atoms with Crippen LogP contribution in [0.25, 0.3) is 0 Å².